The van der Waals surface area contributed by atoms with Crippen molar-refractivity contribution in [2.45, 2.75) is 44.2 Å². The highest BCUT2D eigenvalue weighted by Gasteiger charge is 2.26. The van der Waals surface area contributed by atoms with E-state index in [-0.39, 0.29) is 12.1 Å². The fourth-order valence-electron chi connectivity index (χ4n) is 3.18. The Balaban J connectivity index is 1.47. The number of aromatic nitrogens is 1. The average molecular weight is 354 g/mol. The summed E-state index contributed by atoms with van der Waals surface area (Å²) in [5, 5.41) is 3.49. The summed E-state index contributed by atoms with van der Waals surface area (Å²) >= 11 is 5.98. The molecule has 0 radical (unpaired) electrons. The molecule has 1 N–H and O–H groups in total. The first-order valence-corrected chi connectivity index (χ1v) is 9.00. The van der Waals surface area contributed by atoms with Gasteiger partial charge in [0.15, 0.2) is 10.9 Å². The number of rotatable bonds is 4. The number of amides is 2. The van der Waals surface area contributed by atoms with E-state index in [1.165, 1.54) is 19.3 Å². The minimum atomic E-state index is -0.160. The third-order valence-electron chi connectivity index (χ3n) is 4.51. The number of hydrogen-bond acceptors (Lipinski definition) is 4. The summed E-state index contributed by atoms with van der Waals surface area (Å²) in [6.07, 6.45) is 7.31. The number of nitrogens with zero attached hydrogens (tertiary/aromatic N) is 2. The molecule has 2 fully saturated rings. The van der Waals surface area contributed by atoms with E-state index in [2.05, 4.69) is 10.3 Å². The summed E-state index contributed by atoms with van der Waals surface area (Å²) in [6.45, 7) is 2.00. The third kappa shape index (κ3) is 4.74. The lowest BCUT2D eigenvalue weighted by Crippen LogP contribution is -2.53. The maximum atomic E-state index is 12.4. The van der Waals surface area contributed by atoms with Crippen LogP contribution >= 0.6 is 11.6 Å². The Morgan fingerprint density at radius 3 is 3.04 bits per heavy atom. The highest BCUT2D eigenvalue weighted by Crippen LogP contribution is 2.21. The van der Waals surface area contributed by atoms with E-state index in [0.29, 0.717) is 43.2 Å². The van der Waals surface area contributed by atoms with Crippen LogP contribution in [0.1, 0.15) is 32.1 Å². The second kappa shape index (κ2) is 8.53. The first-order chi connectivity index (χ1) is 11.7. The van der Waals surface area contributed by atoms with Gasteiger partial charge in [0.05, 0.1) is 13.2 Å². The van der Waals surface area contributed by atoms with Crippen LogP contribution in [0.15, 0.2) is 18.3 Å². The van der Waals surface area contributed by atoms with Crippen LogP contribution in [0.2, 0.25) is 5.15 Å². The summed E-state index contributed by atoms with van der Waals surface area (Å²) in [7, 11) is 0. The number of carbonyl (C=O) groups excluding carboxylic acids is 1. The van der Waals surface area contributed by atoms with Gasteiger partial charge in [0.25, 0.3) is 0 Å². The molecule has 1 aromatic rings. The van der Waals surface area contributed by atoms with Crippen LogP contribution in [0.3, 0.4) is 0 Å². The Hall–Kier alpha value is -1.53. The molecule has 6 nitrogen and oxygen atoms in total. The topological polar surface area (TPSA) is 63.7 Å². The lowest BCUT2D eigenvalue weighted by atomic mass is 9.96. The Labute approximate surface area is 147 Å². The molecule has 1 aliphatic carbocycles. The number of hydrogen-bond donors (Lipinski definition) is 1. The Bertz CT molecular complexity index is 552. The molecule has 1 saturated carbocycles. The van der Waals surface area contributed by atoms with Gasteiger partial charge in [-0.2, -0.15) is 0 Å². The molecule has 2 aliphatic rings. The van der Waals surface area contributed by atoms with E-state index in [4.69, 9.17) is 21.1 Å². The van der Waals surface area contributed by atoms with Crippen molar-refractivity contribution in [2.75, 3.05) is 26.3 Å². The zero-order valence-electron chi connectivity index (χ0n) is 13.7. The number of halogens is 1. The molecule has 0 bridgehead atoms. The molecule has 3 rings (SSSR count). The van der Waals surface area contributed by atoms with Crippen LogP contribution in [-0.4, -0.2) is 54.4 Å². The summed E-state index contributed by atoms with van der Waals surface area (Å²) in [6, 6.07) is 3.87. The van der Waals surface area contributed by atoms with E-state index in [1.807, 2.05) is 4.90 Å². The SMILES string of the molecule is O=C(NC1CCCCC1)N1CCOC(COc2cccnc2Cl)C1. The molecule has 1 aliphatic heterocycles. The third-order valence-corrected chi connectivity index (χ3v) is 4.79. The summed E-state index contributed by atoms with van der Waals surface area (Å²) in [5.74, 6) is 0.534. The molecule has 2 amide bonds. The molecule has 7 heteroatoms. The number of urea groups is 1. The normalized spacial score (nSPS) is 22.2. The van der Waals surface area contributed by atoms with Crippen LogP contribution < -0.4 is 10.1 Å². The number of carbonyl (C=O) groups is 1. The van der Waals surface area contributed by atoms with Crippen molar-refractivity contribution in [3.05, 3.63) is 23.5 Å². The fraction of sp³-hybridized carbons (Fsp3) is 0.647. The molecule has 1 unspecified atom stereocenters. The van der Waals surface area contributed by atoms with Gasteiger partial charge in [-0.15, -0.1) is 0 Å². The second-order valence-corrected chi connectivity index (χ2v) is 6.68. The van der Waals surface area contributed by atoms with Crippen molar-refractivity contribution in [1.29, 1.82) is 0 Å². The van der Waals surface area contributed by atoms with Crippen LogP contribution in [0, 0.1) is 0 Å². The number of morpholine rings is 1. The minimum absolute atomic E-state index is 0.00890. The average Bonchev–Trinajstić information content (AvgIpc) is 2.62. The first-order valence-electron chi connectivity index (χ1n) is 8.63. The predicted octanol–water partition coefficient (Wildman–Crippen LogP) is 2.86. The zero-order chi connectivity index (χ0) is 16.8. The van der Waals surface area contributed by atoms with E-state index in [9.17, 15) is 4.79 Å². The molecule has 1 aromatic heterocycles. The van der Waals surface area contributed by atoms with Gasteiger partial charge in [0, 0.05) is 18.8 Å². The summed E-state index contributed by atoms with van der Waals surface area (Å²) < 4.78 is 11.4. The number of nitrogens with one attached hydrogen (secondary N) is 1. The Kier molecular flexibility index (Phi) is 6.15. The van der Waals surface area contributed by atoms with Crippen LogP contribution in [-0.2, 0) is 4.74 Å². The van der Waals surface area contributed by atoms with Gasteiger partial charge in [0.2, 0.25) is 0 Å². The van der Waals surface area contributed by atoms with Gasteiger partial charge >= 0.3 is 6.03 Å². The largest absolute Gasteiger partial charge is 0.488 e. The smallest absolute Gasteiger partial charge is 0.317 e. The van der Waals surface area contributed by atoms with Gasteiger partial charge < -0.3 is 19.7 Å². The Morgan fingerprint density at radius 1 is 1.42 bits per heavy atom. The van der Waals surface area contributed by atoms with Gasteiger partial charge in [-0.1, -0.05) is 30.9 Å². The van der Waals surface area contributed by atoms with Crippen molar-refractivity contribution in [1.82, 2.24) is 15.2 Å². The van der Waals surface area contributed by atoms with E-state index in [1.54, 1.807) is 18.3 Å². The maximum absolute atomic E-state index is 12.4. The van der Waals surface area contributed by atoms with Crippen molar-refractivity contribution < 1.29 is 14.3 Å². The van der Waals surface area contributed by atoms with E-state index >= 15 is 0 Å². The molecule has 0 aromatic carbocycles. The molecular formula is C17H24ClN3O3. The van der Waals surface area contributed by atoms with Gasteiger partial charge in [-0.25, -0.2) is 9.78 Å². The second-order valence-electron chi connectivity index (χ2n) is 6.33. The molecule has 2 heterocycles. The first kappa shape index (κ1) is 17.3. The highest BCUT2D eigenvalue weighted by molar-refractivity contribution is 6.30. The van der Waals surface area contributed by atoms with Crippen molar-refractivity contribution in [3.63, 3.8) is 0 Å². The predicted molar refractivity (Wildman–Crippen MR) is 91.5 cm³/mol. The number of ether oxygens (including phenoxy) is 2. The molecule has 24 heavy (non-hydrogen) atoms. The lowest BCUT2D eigenvalue weighted by Gasteiger charge is -2.34. The highest BCUT2D eigenvalue weighted by atomic mass is 35.5. The lowest BCUT2D eigenvalue weighted by molar-refractivity contribution is -0.0356. The Morgan fingerprint density at radius 2 is 2.25 bits per heavy atom. The van der Waals surface area contributed by atoms with E-state index < -0.39 is 0 Å². The van der Waals surface area contributed by atoms with Crippen LogP contribution in [0.4, 0.5) is 4.79 Å². The van der Waals surface area contributed by atoms with Crippen molar-refractivity contribution >= 4 is 17.6 Å². The van der Waals surface area contributed by atoms with E-state index in [0.717, 1.165) is 12.8 Å². The maximum Gasteiger partial charge on any atom is 0.317 e. The van der Waals surface area contributed by atoms with Gasteiger partial charge in [-0.05, 0) is 25.0 Å². The van der Waals surface area contributed by atoms with Crippen LogP contribution in [0.5, 0.6) is 5.75 Å². The van der Waals surface area contributed by atoms with Gasteiger partial charge in [0.1, 0.15) is 12.7 Å². The van der Waals surface area contributed by atoms with Crippen molar-refractivity contribution in [2.24, 2.45) is 0 Å². The summed E-state index contributed by atoms with van der Waals surface area (Å²) in [4.78, 5) is 18.2. The van der Waals surface area contributed by atoms with Gasteiger partial charge in [-0.3, -0.25) is 0 Å². The monoisotopic (exact) mass is 353 g/mol. The van der Waals surface area contributed by atoms with Crippen LogP contribution in [0.25, 0.3) is 0 Å². The number of pyridine rings is 1. The molecule has 132 valence electrons. The molecule has 1 saturated heterocycles. The molecule has 0 spiro atoms. The van der Waals surface area contributed by atoms with Crippen molar-refractivity contribution in [3.8, 4) is 5.75 Å². The molecular weight excluding hydrogens is 330 g/mol. The standard InChI is InChI=1S/C17H24ClN3O3/c18-16-15(7-4-8-19-16)24-12-14-11-21(9-10-23-14)17(22)20-13-5-2-1-3-6-13/h4,7-8,13-14H,1-3,5-6,9-12H2,(H,20,22). The zero-order valence-corrected chi connectivity index (χ0v) is 14.5. The fourth-order valence-corrected chi connectivity index (χ4v) is 3.35. The summed E-state index contributed by atoms with van der Waals surface area (Å²) in [5.41, 5.74) is 0. The molecule has 1 atom stereocenters. The quantitative estimate of drug-likeness (QED) is 0.845. The minimum Gasteiger partial charge on any atom is -0.488 e.